The Kier molecular flexibility index (Phi) is 5.31. The van der Waals surface area contributed by atoms with Crippen LogP contribution in [0, 0.1) is 0 Å². The van der Waals surface area contributed by atoms with E-state index in [1.54, 1.807) is 18.0 Å². The van der Waals surface area contributed by atoms with Crippen molar-refractivity contribution in [1.82, 2.24) is 19.8 Å². The standard InChI is InChI=1S/C20H20F3N5O3/c1-11-18(31)14(10-30)12(9-29)8-27(11)17-7-6-16-24-25-19(28(16)26-17)13-4-2-3-5-15(13)20(21,22)23/h2-5,8,11,29-31H,6-7,9-10H2,1H3. The fourth-order valence-corrected chi connectivity index (χ4v) is 3.76. The monoisotopic (exact) mass is 435 g/mol. The van der Waals surface area contributed by atoms with Crippen molar-refractivity contribution in [3.63, 3.8) is 0 Å². The Bertz CT molecular complexity index is 1100. The summed E-state index contributed by atoms with van der Waals surface area (Å²) in [6.07, 6.45) is -2.21. The molecule has 2 aliphatic rings. The van der Waals surface area contributed by atoms with Crippen molar-refractivity contribution >= 4 is 5.84 Å². The van der Waals surface area contributed by atoms with Gasteiger partial charge in [0.15, 0.2) is 11.6 Å². The van der Waals surface area contributed by atoms with E-state index in [2.05, 4.69) is 15.3 Å². The van der Waals surface area contributed by atoms with Crippen LogP contribution in [0.5, 0.6) is 0 Å². The first-order valence-corrected chi connectivity index (χ1v) is 9.58. The summed E-state index contributed by atoms with van der Waals surface area (Å²) in [6, 6.07) is 4.51. The summed E-state index contributed by atoms with van der Waals surface area (Å²) in [5, 5.41) is 42.0. The maximum absolute atomic E-state index is 13.5. The number of nitrogens with zero attached hydrogens (tertiary/aromatic N) is 5. The number of halogens is 3. The first kappa shape index (κ1) is 21.1. The van der Waals surface area contributed by atoms with E-state index in [0.29, 0.717) is 30.1 Å². The lowest BCUT2D eigenvalue weighted by Gasteiger charge is -2.35. The van der Waals surface area contributed by atoms with Gasteiger partial charge in [-0.15, -0.1) is 10.2 Å². The number of amidine groups is 1. The molecule has 0 spiro atoms. The highest BCUT2D eigenvalue weighted by molar-refractivity contribution is 5.85. The Labute approximate surface area is 175 Å². The van der Waals surface area contributed by atoms with E-state index in [4.69, 9.17) is 0 Å². The van der Waals surface area contributed by atoms with Gasteiger partial charge in [-0.2, -0.15) is 22.9 Å². The number of alkyl halides is 3. The van der Waals surface area contributed by atoms with Crippen molar-refractivity contribution in [2.45, 2.75) is 32.0 Å². The van der Waals surface area contributed by atoms with Crippen LogP contribution < -0.4 is 0 Å². The summed E-state index contributed by atoms with van der Waals surface area (Å²) in [7, 11) is 0. The lowest BCUT2D eigenvalue weighted by molar-refractivity contribution is -0.137. The van der Waals surface area contributed by atoms with E-state index in [1.165, 1.54) is 22.9 Å². The predicted octanol–water partition coefficient (Wildman–Crippen LogP) is 2.46. The molecule has 0 bridgehead atoms. The summed E-state index contributed by atoms with van der Waals surface area (Å²) in [4.78, 5) is 1.63. The molecule has 0 radical (unpaired) electrons. The van der Waals surface area contributed by atoms with Gasteiger partial charge in [0.2, 0.25) is 0 Å². The molecular formula is C20H20F3N5O3. The number of hydrogen-bond acceptors (Lipinski definition) is 7. The summed E-state index contributed by atoms with van der Waals surface area (Å²) >= 11 is 0. The summed E-state index contributed by atoms with van der Waals surface area (Å²) in [6.45, 7) is 0.856. The van der Waals surface area contributed by atoms with Gasteiger partial charge in [0, 0.05) is 35.8 Å². The minimum absolute atomic E-state index is 0.0352. The molecule has 0 saturated carbocycles. The van der Waals surface area contributed by atoms with E-state index in [0.717, 1.165) is 6.07 Å². The van der Waals surface area contributed by atoms with Crippen molar-refractivity contribution in [1.29, 1.82) is 0 Å². The number of benzene rings is 1. The largest absolute Gasteiger partial charge is 0.510 e. The quantitative estimate of drug-likeness (QED) is 0.684. The van der Waals surface area contributed by atoms with Crippen LogP contribution in [0.1, 0.15) is 24.7 Å². The maximum atomic E-state index is 13.5. The Balaban J connectivity index is 1.79. The van der Waals surface area contributed by atoms with Crippen molar-refractivity contribution in [3.8, 4) is 11.4 Å². The number of aliphatic hydroxyl groups excluding tert-OH is 3. The molecule has 0 fully saturated rings. The molecule has 1 aromatic carbocycles. The molecule has 3 N–H and O–H groups in total. The summed E-state index contributed by atoms with van der Waals surface area (Å²) in [5.74, 6) is 0.739. The third-order valence-corrected chi connectivity index (χ3v) is 5.40. The van der Waals surface area contributed by atoms with E-state index in [-0.39, 0.29) is 22.7 Å². The first-order valence-electron chi connectivity index (χ1n) is 9.58. The van der Waals surface area contributed by atoms with Crippen molar-refractivity contribution in [2.24, 2.45) is 5.10 Å². The molecule has 31 heavy (non-hydrogen) atoms. The SMILES string of the molecule is CC1C(O)=C(CO)C(CO)=CN1C1=Nn2c(nnc2-c2ccccc2C(F)(F)F)CC1. The Morgan fingerprint density at radius 1 is 1.10 bits per heavy atom. The smallest absolute Gasteiger partial charge is 0.417 e. The van der Waals surface area contributed by atoms with Crippen LogP contribution in [-0.4, -0.2) is 60.2 Å². The average Bonchev–Trinajstić information content (AvgIpc) is 3.18. The number of rotatable bonds is 3. The van der Waals surface area contributed by atoms with Gasteiger partial charge in [0.25, 0.3) is 0 Å². The Morgan fingerprint density at radius 2 is 1.84 bits per heavy atom. The average molecular weight is 435 g/mol. The van der Waals surface area contributed by atoms with Crippen molar-refractivity contribution in [2.75, 3.05) is 13.2 Å². The lowest BCUT2D eigenvalue weighted by Crippen LogP contribution is -2.41. The minimum Gasteiger partial charge on any atom is -0.510 e. The third kappa shape index (κ3) is 3.59. The highest BCUT2D eigenvalue weighted by atomic mass is 19.4. The molecule has 1 atom stereocenters. The minimum atomic E-state index is -4.57. The van der Waals surface area contributed by atoms with Crippen molar-refractivity contribution < 1.29 is 28.5 Å². The molecule has 8 nitrogen and oxygen atoms in total. The second-order valence-corrected chi connectivity index (χ2v) is 7.23. The van der Waals surface area contributed by atoms with E-state index < -0.39 is 31.0 Å². The molecule has 2 aromatic rings. The van der Waals surface area contributed by atoms with Crippen LogP contribution in [0.4, 0.5) is 13.2 Å². The molecule has 11 heteroatoms. The van der Waals surface area contributed by atoms with Gasteiger partial charge in [-0.1, -0.05) is 18.2 Å². The molecule has 2 aliphatic heterocycles. The van der Waals surface area contributed by atoms with Gasteiger partial charge in [-0.25, -0.2) is 0 Å². The van der Waals surface area contributed by atoms with Crippen LogP contribution in [0.25, 0.3) is 11.4 Å². The zero-order valence-electron chi connectivity index (χ0n) is 16.5. The summed E-state index contributed by atoms with van der Waals surface area (Å²) in [5.41, 5.74) is -0.401. The van der Waals surface area contributed by atoms with E-state index >= 15 is 0 Å². The van der Waals surface area contributed by atoms with Crippen LogP contribution in [0.15, 0.2) is 52.5 Å². The molecular weight excluding hydrogens is 415 g/mol. The molecule has 3 heterocycles. The topological polar surface area (TPSA) is 107 Å². The molecule has 0 saturated heterocycles. The van der Waals surface area contributed by atoms with Gasteiger partial charge in [0.1, 0.15) is 11.6 Å². The normalized spacial score (nSPS) is 19.3. The van der Waals surface area contributed by atoms with Crippen LogP contribution in [-0.2, 0) is 12.6 Å². The molecule has 1 aromatic heterocycles. The lowest BCUT2D eigenvalue weighted by atomic mass is 9.98. The van der Waals surface area contributed by atoms with Gasteiger partial charge < -0.3 is 20.2 Å². The fourth-order valence-electron chi connectivity index (χ4n) is 3.76. The summed E-state index contributed by atoms with van der Waals surface area (Å²) < 4.78 is 41.8. The van der Waals surface area contributed by atoms with Crippen molar-refractivity contribution in [3.05, 3.63) is 58.8 Å². The molecule has 0 aliphatic carbocycles. The molecule has 164 valence electrons. The number of fused-ring (bicyclic) bond motifs is 1. The number of aliphatic hydroxyl groups is 3. The molecule has 4 rings (SSSR count). The van der Waals surface area contributed by atoms with Gasteiger partial charge in [-0.05, 0) is 13.0 Å². The van der Waals surface area contributed by atoms with Crippen LogP contribution in [0.2, 0.25) is 0 Å². The number of hydrogen-bond donors (Lipinski definition) is 3. The zero-order valence-corrected chi connectivity index (χ0v) is 16.5. The second-order valence-electron chi connectivity index (χ2n) is 7.23. The van der Waals surface area contributed by atoms with Gasteiger partial charge in [0.05, 0.1) is 24.8 Å². The van der Waals surface area contributed by atoms with Crippen LogP contribution in [0.3, 0.4) is 0 Å². The third-order valence-electron chi connectivity index (χ3n) is 5.40. The number of aromatic nitrogens is 3. The van der Waals surface area contributed by atoms with Gasteiger partial charge >= 0.3 is 6.18 Å². The first-order chi connectivity index (χ1) is 14.8. The van der Waals surface area contributed by atoms with Crippen LogP contribution >= 0.6 is 0 Å². The highest BCUT2D eigenvalue weighted by Crippen LogP contribution is 2.37. The maximum Gasteiger partial charge on any atom is 0.417 e. The molecule has 1 unspecified atom stereocenters. The Hall–Kier alpha value is -3.18. The number of aryl methyl sites for hydroxylation is 1. The Morgan fingerprint density at radius 3 is 2.52 bits per heavy atom. The molecule has 0 amide bonds. The predicted molar refractivity (Wildman–Crippen MR) is 105 cm³/mol. The fraction of sp³-hybridized carbons (Fsp3) is 0.350. The van der Waals surface area contributed by atoms with E-state index in [9.17, 15) is 28.5 Å². The second kappa shape index (κ2) is 7.82. The highest BCUT2D eigenvalue weighted by Gasteiger charge is 2.36. The van der Waals surface area contributed by atoms with E-state index in [1.807, 2.05) is 0 Å². The zero-order chi connectivity index (χ0) is 22.3. The van der Waals surface area contributed by atoms with Gasteiger partial charge in [-0.3, -0.25) is 0 Å².